The number of hydrogen-bond donors (Lipinski definition) is 2. The van der Waals surface area contributed by atoms with E-state index in [-0.39, 0.29) is 11.9 Å². The minimum Gasteiger partial charge on any atom is -0.481 e. The van der Waals surface area contributed by atoms with Crippen LogP contribution in [0.4, 0.5) is 0 Å². The number of likely N-dealkylation sites (N-methyl/N-ethyl adjacent to an activating group) is 1. The van der Waals surface area contributed by atoms with Crippen molar-refractivity contribution in [3.05, 3.63) is 28.8 Å². The highest BCUT2D eigenvalue weighted by atomic mass is 35.5. The standard InChI is InChI=1S/C13H19ClN2O2/c1-8(15)7-10-11(14)5-4-6-12(10)18-9(2)13(17)16-3/h4-6,8-9H,7,15H2,1-3H3,(H,16,17). The smallest absolute Gasteiger partial charge is 0.260 e. The number of ether oxygens (including phenoxy) is 1. The molecule has 5 heteroatoms. The minimum absolute atomic E-state index is 0.0254. The number of amides is 1. The number of carbonyl (C=O) groups excluding carboxylic acids is 1. The average Bonchev–Trinajstić information content (AvgIpc) is 2.32. The Hall–Kier alpha value is -1.26. The normalized spacial score (nSPS) is 13.8. The summed E-state index contributed by atoms with van der Waals surface area (Å²) >= 11 is 6.13. The van der Waals surface area contributed by atoms with Crippen LogP contribution in [0.3, 0.4) is 0 Å². The summed E-state index contributed by atoms with van der Waals surface area (Å²) in [5.74, 6) is 0.428. The van der Waals surface area contributed by atoms with Crippen LogP contribution in [0.1, 0.15) is 19.4 Å². The van der Waals surface area contributed by atoms with Gasteiger partial charge in [0.05, 0.1) is 0 Å². The molecule has 0 aliphatic rings. The second kappa shape index (κ2) is 6.61. The highest BCUT2D eigenvalue weighted by Crippen LogP contribution is 2.28. The Morgan fingerprint density at radius 3 is 2.72 bits per heavy atom. The lowest BCUT2D eigenvalue weighted by Gasteiger charge is -2.18. The van der Waals surface area contributed by atoms with E-state index < -0.39 is 6.10 Å². The highest BCUT2D eigenvalue weighted by Gasteiger charge is 2.16. The van der Waals surface area contributed by atoms with Gasteiger partial charge in [-0.3, -0.25) is 4.79 Å². The molecule has 0 heterocycles. The van der Waals surface area contributed by atoms with E-state index in [1.54, 1.807) is 32.2 Å². The SMILES string of the molecule is CNC(=O)C(C)Oc1cccc(Cl)c1CC(C)N. The van der Waals surface area contributed by atoms with E-state index in [1.807, 2.05) is 6.92 Å². The summed E-state index contributed by atoms with van der Waals surface area (Å²) < 4.78 is 5.63. The molecule has 0 spiro atoms. The topological polar surface area (TPSA) is 64.3 Å². The Bertz CT molecular complexity index is 421. The lowest BCUT2D eigenvalue weighted by Crippen LogP contribution is -2.34. The molecular weight excluding hydrogens is 252 g/mol. The number of benzene rings is 1. The van der Waals surface area contributed by atoms with Crippen LogP contribution in [0.5, 0.6) is 5.75 Å². The number of halogens is 1. The summed E-state index contributed by atoms with van der Waals surface area (Å²) in [5, 5.41) is 3.14. The van der Waals surface area contributed by atoms with Crippen molar-refractivity contribution in [1.82, 2.24) is 5.32 Å². The predicted molar refractivity (Wildman–Crippen MR) is 73.0 cm³/mol. The second-order valence-corrected chi connectivity index (χ2v) is 4.68. The van der Waals surface area contributed by atoms with Crippen LogP contribution < -0.4 is 15.8 Å². The quantitative estimate of drug-likeness (QED) is 0.857. The molecular formula is C13H19ClN2O2. The van der Waals surface area contributed by atoms with Crippen LogP contribution in [0.2, 0.25) is 5.02 Å². The first-order chi connectivity index (χ1) is 8.45. The van der Waals surface area contributed by atoms with E-state index >= 15 is 0 Å². The Morgan fingerprint density at radius 1 is 1.50 bits per heavy atom. The Balaban J connectivity index is 2.94. The molecule has 0 aliphatic carbocycles. The lowest BCUT2D eigenvalue weighted by molar-refractivity contribution is -0.126. The molecule has 0 fully saturated rings. The first-order valence-electron chi connectivity index (χ1n) is 5.87. The minimum atomic E-state index is -0.569. The van der Waals surface area contributed by atoms with Gasteiger partial charge < -0.3 is 15.8 Å². The Morgan fingerprint density at radius 2 is 2.17 bits per heavy atom. The summed E-state index contributed by atoms with van der Waals surface area (Å²) in [6, 6.07) is 5.35. The fourth-order valence-electron chi connectivity index (χ4n) is 1.62. The largest absolute Gasteiger partial charge is 0.481 e. The van der Waals surface area contributed by atoms with E-state index in [2.05, 4.69) is 5.32 Å². The zero-order valence-corrected chi connectivity index (χ0v) is 11.6. The monoisotopic (exact) mass is 270 g/mol. The van der Waals surface area contributed by atoms with Crippen molar-refractivity contribution >= 4 is 17.5 Å². The molecule has 0 aromatic heterocycles. The Kier molecular flexibility index (Phi) is 5.44. The van der Waals surface area contributed by atoms with Gasteiger partial charge >= 0.3 is 0 Å². The Labute approximate surface area is 112 Å². The van der Waals surface area contributed by atoms with E-state index in [4.69, 9.17) is 22.1 Å². The van der Waals surface area contributed by atoms with Crippen molar-refractivity contribution in [3.63, 3.8) is 0 Å². The number of nitrogens with one attached hydrogen (secondary N) is 1. The van der Waals surface area contributed by atoms with Crippen molar-refractivity contribution in [2.24, 2.45) is 5.73 Å². The summed E-state index contributed by atoms with van der Waals surface area (Å²) in [4.78, 5) is 11.4. The molecule has 3 N–H and O–H groups in total. The van der Waals surface area contributed by atoms with Crippen LogP contribution in [0, 0.1) is 0 Å². The zero-order valence-electron chi connectivity index (χ0n) is 10.9. The molecule has 1 aromatic carbocycles. The molecule has 0 bridgehead atoms. The van der Waals surface area contributed by atoms with E-state index in [0.717, 1.165) is 5.56 Å². The maximum Gasteiger partial charge on any atom is 0.260 e. The third kappa shape index (κ3) is 3.89. The van der Waals surface area contributed by atoms with Crippen LogP contribution in [-0.4, -0.2) is 25.1 Å². The number of rotatable bonds is 5. The summed E-state index contributed by atoms with van der Waals surface area (Å²) in [6.07, 6.45) is 0.0374. The molecule has 1 amide bonds. The molecule has 2 unspecified atom stereocenters. The molecule has 0 saturated heterocycles. The maximum atomic E-state index is 11.4. The molecule has 1 rings (SSSR count). The van der Waals surface area contributed by atoms with Crippen molar-refractivity contribution < 1.29 is 9.53 Å². The second-order valence-electron chi connectivity index (χ2n) is 4.27. The summed E-state index contributed by atoms with van der Waals surface area (Å²) in [5.41, 5.74) is 6.62. The van der Waals surface area contributed by atoms with Crippen molar-refractivity contribution in [3.8, 4) is 5.75 Å². The average molecular weight is 271 g/mol. The first kappa shape index (κ1) is 14.8. The number of carbonyl (C=O) groups is 1. The molecule has 18 heavy (non-hydrogen) atoms. The third-order valence-electron chi connectivity index (χ3n) is 2.52. The highest BCUT2D eigenvalue weighted by molar-refractivity contribution is 6.31. The van der Waals surface area contributed by atoms with Gasteiger partial charge in [0.2, 0.25) is 0 Å². The van der Waals surface area contributed by atoms with Gasteiger partial charge in [0.15, 0.2) is 6.10 Å². The van der Waals surface area contributed by atoms with E-state index in [9.17, 15) is 4.79 Å². The van der Waals surface area contributed by atoms with Gasteiger partial charge in [0.1, 0.15) is 5.75 Å². The van der Waals surface area contributed by atoms with Gasteiger partial charge in [-0.1, -0.05) is 17.7 Å². The summed E-state index contributed by atoms with van der Waals surface area (Å²) in [7, 11) is 1.57. The molecule has 4 nitrogen and oxygen atoms in total. The van der Waals surface area contributed by atoms with Crippen molar-refractivity contribution in [2.75, 3.05) is 7.05 Å². The molecule has 0 saturated carbocycles. The van der Waals surface area contributed by atoms with Crippen molar-refractivity contribution in [1.29, 1.82) is 0 Å². The molecule has 2 atom stereocenters. The zero-order chi connectivity index (χ0) is 13.7. The molecule has 0 aliphatic heterocycles. The van der Waals surface area contributed by atoms with Gasteiger partial charge in [-0.25, -0.2) is 0 Å². The van der Waals surface area contributed by atoms with Crippen molar-refractivity contribution in [2.45, 2.75) is 32.4 Å². The van der Waals surface area contributed by atoms with Gasteiger partial charge in [-0.2, -0.15) is 0 Å². The predicted octanol–water partition coefficient (Wildman–Crippen LogP) is 1.74. The van der Waals surface area contributed by atoms with Crippen LogP contribution >= 0.6 is 11.6 Å². The maximum absolute atomic E-state index is 11.4. The number of nitrogens with two attached hydrogens (primary N) is 1. The lowest BCUT2D eigenvalue weighted by atomic mass is 10.1. The van der Waals surface area contributed by atoms with Crippen LogP contribution in [-0.2, 0) is 11.2 Å². The van der Waals surface area contributed by atoms with Gasteiger partial charge in [0, 0.05) is 23.7 Å². The number of hydrogen-bond acceptors (Lipinski definition) is 3. The fourth-order valence-corrected chi connectivity index (χ4v) is 1.86. The summed E-state index contributed by atoms with van der Waals surface area (Å²) in [6.45, 7) is 3.59. The third-order valence-corrected chi connectivity index (χ3v) is 2.88. The van der Waals surface area contributed by atoms with E-state index in [0.29, 0.717) is 17.2 Å². The molecule has 1 aromatic rings. The van der Waals surface area contributed by atoms with Gasteiger partial charge in [-0.05, 0) is 32.4 Å². The van der Waals surface area contributed by atoms with E-state index in [1.165, 1.54) is 0 Å². The molecule has 0 radical (unpaired) electrons. The van der Waals surface area contributed by atoms with Crippen LogP contribution in [0.25, 0.3) is 0 Å². The fraction of sp³-hybridized carbons (Fsp3) is 0.462. The molecule has 100 valence electrons. The van der Waals surface area contributed by atoms with Gasteiger partial charge in [0.25, 0.3) is 5.91 Å². The first-order valence-corrected chi connectivity index (χ1v) is 6.24. The van der Waals surface area contributed by atoms with Crippen LogP contribution in [0.15, 0.2) is 18.2 Å². The van der Waals surface area contributed by atoms with Gasteiger partial charge in [-0.15, -0.1) is 0 Å².